The first kappa shape index (κ1) is 12.8. The monoisotopic (exact) mass is 263 g/mol. The Morgan fingerprint density at radius 1 is 1.39 bits per heavy atom. The molecule has 96 valence electrons. The van der Waals surface area contributed by atoms with Gasteiger partial charge in [0, 0.05) is 25.2 Å². The lowest BCUT2D eigenvalue weighted by molar-refractivity contribution is 0.708. The topological polar surface area (TPSA) is 46.9 Å². The average molecular weight is 263 g/mol. The van der Waals surface area contributed by atoms with Gasteiger partial charge in [-0.25, -0.2) is 4.98 Å². The van der Waals surface area contributed by atoms with Crippen molar-refractivity contribution in [1.82, 2.24) is 9.55 Å². The summed E-state index contributed by atoms with van der Waals surface area (Å²) in [5.74, 6) is 0.333. The molecule has 0 aliphatic heterocycles. The molecule has 0 radical (unpaired) electrons. The van der Waals surface area contributed by atoms with Crippen LogP contribution < -0.4 is 10.9 Å². The molecule has 0 aliphatic rings. The van der Waals surface area contributed by atoms with E-state index in [1.165, 1.54) is 11.3 Å². The summed E-state index contributed by atoms with van der Waals surface area (Å²) < 4.78 is 1.71. The SMILES string of the molecule is CNc1nc(-c2ccc(C(C)C)n(C)c2=O)cs1. The van der Waals surface area contributed by atoms with Crippen molar-refractivity contribution in [3.63, 3.8) is 0 Å². The number of anilines is 1. The smallest absolute Gasteiger partial charge is 0.259 e. The molecule has 0 fully saturated rings. The van der Waals surface area contributed by atoms with Crippen molar-refractivity contribution in [2.45, 2.75) is 19.8 Å². The minimum Gasteiger partial charge on any atom is -0.365 e. The molecule has 2 heterocycles. The zero-order valence-electron chi connectivity index (χ0n) is 11.0. The van der Waals surface area contributed by atoms with Crippen molar-refractivity contribution in [2.24, 2.45) is 7.05 Å². The summed E-state index contributed by atoms with van der Waals surface area (Å²) in [6.45, 7) is 4.16. The minimum atomic E-state index is 0.00848. The Labute approximate surface area is 110 Å². The van der Waals surface area contributed by atoms with Crippen LogP contribution in [-0.4, -0.2) is 16.6 Å². The molecule has 0 atom stereocenters. The van der Waals surface area contributed by atoms with Crippen LogP contribution >= 0.6 is 11.3 Å². The number of thiazole rings is 1. The van der Waals surface area contributed by atoms with Crippen LogP contribution in [-0.2, 0) is 7.05 Å². The fraction of sp³-hybridized carbons (Fsp3) is 0.385. The van der Waals surface area contributed by atoms with Crippen LogP contribution in [0.15, 0.2) is 22.3 Å². The molecule has 1 N–H and O–H groups in total. The maximum atomic E-state index is 12.3. The van der Waals surface area contributed by atoms with E-state index in [-0.39, 0.29) is 5.56 Å². The molecule has 0 unspecified atom stereocenters. The van der Waals surface area contributed by atoms with Gasteiger partial charge in [-0.1, -0.05) is 13.8 Å². The predicted molar refractivity (Wildman–Crippen MR) is 76.4 cm³/mol. The second kappa shape index (κ2) is 4.94. The van der Waals surface area contributed by atoms with Gasteiger partial charge in [-0.3, -0.25) is 4.79 Å². The molecular formula is C13H17N3OS. The van der Waals surface area contributed by atoms with Gasteiger partial charge in [-0.05, 0) is 18.1 Å². The van der Waals surface area contributed by atoms with E-state index in [9.17, 15) is 4.79 Å². The van der Waals surface area contributed by atoms with Gasteiger partial charge in [-0.15, -0.1) is 11.3 Å². The van der Waals surface area contributed by atoms with Crippen molar-refractivity contribution >= 4 is 16.5 Å². The van der Waals surface area contributed by atoms with Crippen LogP contribution in [0.3, 0.4) is 0 Å². The number of nitrogens with zero attached hydrogens (tertiary/aromatic N) is 2. The van der Waals surface area contributed by atoms with Crippen LogP contribution in [0.1, 0.15) is 25.5 Å². The lowest BCUT2D eigenvalue weighted by Gasteiger charge is -2.12. The van der Waals surface area contributed by atoms with Gasteiger partial charge in [-0.2, -0.15) is 0 Å². The number of hydrogen-bond acceptors (Lipinski definition) is 4. The van der Waals surface area contributed by atoms with Crippen LogP contribution in [0.2, 0.25) is 0 Å². The summed E-state index contributed by atoms with van der Waals surface area (Å²) >= 11 is 1.50. The Hall–Kier alpha value is -1.62. The lowest BCUT2D eigenvalue weighted by Crippen LogP contribution is -2.22. The van der Waals surface area contributed by atoms with E-state index in [1.807, 2.05) is 31.6 Å². The second-order valence-electron chi connectivity index (χ2n) is 4.48. The van der Waals surface area contributed by atoms with Gasteiger partial charge < -0.3 is 9.88 Å². The maximum Gasteiger partial charge on any atom is 0.259 e. The normalized spacial score (nSPS) is 10.9. The van der Waals surface area contributed by atoms with Crippen LogP contribution in [0, 0.1) is 0 Å². The lowest BCUT2D eigenvalue weighted by atomic mass is 10.1. The maximum absolute atomic E-state index is 12.3. The number of rotatable bonds is 3. The Morgan fingerprint density at radius 2 is 2.11 bits per heavy atom. The molecule has 2 rings (SSSR count). The Bertz CT molecular complexity index is 613. The average Bonchev–Trinajstić information content (AvgIpc) is 2.80. The Morgan fingerprint density at radius 3 is 2.67 bits per heavy atom. The molecule has 0 bridgehead atoms. The first-order chi connectivity index (χ1) is 8.54. The number of nitrogens with one attached hydrogen (secondary N) is 1. The van der Waals surface area contributed by atoms with Crippen molar-refractivity contribution in [1.29, 1.82) is 0 Å². The molecule has 0 aliphatic carbocycles. The molecule has 5 heteroatoms. The van der Waals surface area contributed by atoms with E-state index in [0.29, 0.717) is 11.5 Å². The molecule has 0 aromatic carbocycles. The van der Waals surface area contributed by atoms with Crippen molar-refractivity contribution in [3.05, 3.63) is 33.6 Å². The van der Waals surface area contributed by atoms with E-state index in [0.717, 1.165) is 16.5 Å². The molecular weight excluding hydrogens is 246 g/mol. The van der Waals surface area contributed by atoms with E-state index < -0.39 is 0 Å². The molecule has 0 saturated heterocycles. The highest BCUT2D eigenvalue weighted by Crippen LogP contribution is 2.23. The van der Waals surface area contributed by atoms with Crippen LogP contribution in [0.5, 0.6) is 0 Å². The van der Waals surface area contributed by atoms with E-state index in [1.54, 1.807) is 4.57 Å². The zero-order valence-corrected chi connectivity index (χ0v) is 11.8. The van der Waals surface area contributed by atoms with E-state index in [4.69, 9.17) is 0 Å². The largest absolute Gasteiger partial charge is 0.365 e. The number of aromatic nitrogens is 2. The third-order valence-corrected chi connectivity index (χ3v) is 3.79. The molecule has 18 heavy (non-hydrogen) atoms. The molecule has 0 saturated carbocycles. The fourth-order valence-corrected chi connectivity index (χ4v) is 2.61. The van der Waals surface area contributed by atoms with Crippen molar-refractivity contribution in [2.75, 3.05) is 12.4 Å². The zero-order chi connectivity index (χ0) is 13.3. The predicted octanol–water partition coefficient (Wildman–Crippen LogP) is 2.67. The van der Waals surface area contributed by atoms with Crippen molar-refractivity contribution in [3.8, 4) is 11.3 Å². The molecule has 2 aromatic heterocycles. The van der Waals surface area contributed by atoms with Crippen molar-refractivity contribution < 1.29 is 0 Å². The Kier molecular flexibility index (Phi) is 3.52. The quantitative estimate of drug-likeness (QED) is 0.926. The number of hydrogen-bond donors (Lipinski definition) is 1. The third kappa shape index (κ3) is 2.18. The first-order valence-corrected chi connectivity index (χ1v) is 6.76. The van der Waals surface area contributed by atoms with Crippen LogP contribution in [0.25, 0.3) is 11.3 Å². The standard InChI is InChI=1S/C13H17N3OS/c1-8(2)11-6-5-9(12(17)16(11)4)10-7-18-13(14-3)15-10/h5-8H,1-4H3,(H,14,15). The summed E-state index contributed by atoms with van der Waals surface area (Å²) in [4.78, 5) is 16.7. The summed E-state index contributed by atoms with van der Waals surface area (Å²) in [5.41, 5.74) is 2.43. The minimum absolute atomic E-state index is 0.00848. The summed E-state index contributed by atoms with van der Waals surface area (Å²) in [6.07, 6.45) is 0. The van der Waals surface area contributed by atoms with Gasteiger partial charge in [0.25, 0.3) is 5.56 Å². The number of pyridine rings is 1. The fourth-order valence-electron chi connectivity index (χ4n) is 1.94. The third-order valence-electron chi connectivity index (χ3n) is 2.93. The van der Waals surface area contributed by atoms with Gasteiger partial charge in [0.15, 0.2) is 5.13 Å². The molecule has 4 nitrogen and oxygen atoms in total. The highest BCUT2D eigenvalue weighted by atomic mass is 32.1. The summed E-state index contributed by atoms with van der Waals surface area (Å²) in [7, 11) is 3.63. The highest BCUT2D eigenvalue weighted by molar-refractivity contribution is 7.14. The van der Waals surface area contributed by atoms with Gasteiger partial charge in [0.05, 0.1) is 11.3 Å². The Balaban J connectivity index is 2.53. The van der Waals surface area contributed by atoms with E-state index in [2.05, 4.69) is 24.1 Å². The summed E-state index contributed by atoms with van der Waals surface area (Å²) in [5, 5.41) is 5.70. The summed E-state index contributed by atoms with van der Waals surface area (Å²) in [6, 6.07) is 3.87. The second-order valence-corrected chi connectivity index (χ2v) is 5.34. The molecule has 0 amide bonds. The highest BCUT2D eigenvalue weighted by Gasteiger charge is 2.12. The van der Waals surface area contributed by atoms with Crippen LogP contribution in [0.4, 0.5) is 5.13 Å². The van der Waals surface area contributed by atoms with Gasteiger partial charge in [0.1, 0.15) is 0 Å². The van der Waals surface area contributed by atoms with E-state index >= 15 is 0 Å². The van der Waals surface area contributed by atoms with Gasteiger partial charge in [0.2, 0.25) is 0 Å². The van der Waals surface area contributed by atoms with Gasteiger partial charge >= 0.3 is 0 Å². The first-order valence-electron chi connectivity index (χ1n) is 5.88. The molecule has 2 aromatic rings. The molecule has 0 spiro atoms.